The van der Waals surface area contributed by atoms with Crippen molar-refractivity contribution in [2.75, 3.05) is 13.1 Å². The Labute approximate surface area is 149 Å². The maximum atomic E-state index is 12.3. The number of nitrogens with zero attached hydrogens (tertiary/aromatic N) is 4. The van der Waals surface area contributed by atoms with Gasteiger partial charge >= 0.3 is 0 Å². The highest BCUT2D eigenvalue weighted by atomic mass is 16.1. The normalized spacial score (nSPS) is 18.0. The van der Waals surface area contributed by atoms with Crippen molar-refractivity contribution in [1.29, 1.82) is 0 Å². The highest BCUT2D eigenvalue weighted by molar-refractivity contribution is 5.94. The van der Waals surface area contributed by atoms with Gasteiger partial charge in [0.05, 0.1) is 6.54 Å². The molecular weight excluding hydrogens is 314 g/mol. The lowest BCUT2D eigenvalue weighted by Gasteiger charge is -2.24. The van der Waals surface area contributed by atoms with E-state index in [1.165, 1.54) is 18.4 Å². The summed E-state index contributed by atoms with van der Waals surface area (Å²) in [5, 5.41) is 7.21. The summed E-state index contributed by atoms with van der Waals surface area (Å²) in [6, 6.07) is 8.45. The summed E-state index contributed by atoms with van der Waals surface area (Å²) < 4.78 is 1.90. The quantitative estimate of drug-likeness (QED) is 0.839. The van der Waals surface area contributed by atoms with E-state index < -0.39 is 0 Å². The van der Waals surface area contributed by atoms with E-state index in [0.717, 1.165) is 25.2 Å². The van der Waals surface area contributed by atoms with Gasteiger partial charge in [0.1, 0.15) is 12.7 Å². The third-order valence-electron chi connectivity index (χ3n) is 4.61. The minimum atomic E-state index is 0.0103. The second-order valence-electron chi connectivity index (χ2n) is 7.19. The zero-order valence-electron chi connectivity index (χ0n) is 15.1. The van der Waals surface area contributed by atoms with Gasteiger partial charge in [0, 0.05) is 24.7 Å². The summed E-state index contributed by atoms with van der Waals surface area (Å²) >= 11 is 0. The number of hydrogen-bond acceptors (Lipinski definition) is 4. The van der Waals surface area contributed by atoms with Gasteiger partial charge in [-0.15, -0.1) is 0 Å². The fourth-order valence-corrected chi connectivity index (χ4v) is 3.30. The van der Waals surface area contributed by atoms with E-state index in [2.05, 4.69) is 40.2 Å². The van der Waals surface area contributed by atoms with Gasteiger partial charge < -0.3 is 5.32 Å². The molecular formula is C19H27N5O. The Bertz CT molecular complexity index is 683. The molecule has 1 saturated heterocycles. The minimum absolute atomic E-state index is 0.0103. The predicted octanol–water partition coefficient (Wildman–Crippen LogP) is 2.33. The molecule has 2 heterocycles. The van der Waals surface area contributed by atoms with Crippen LogP contribution in [0.4, 0.5) is 0 Å². The summed E-state index contributed by atoms with van der Waals surface area (Å²) in [6.07, 6.45) is 5.73. The van der Waals surface area contributed by atoms with Crippen LogP contribution in [0.5, 0.6) is 0 Å². The maximum absolute atomic E-state index is 12.3. The fraction of sp³-hybridized carbons (Fsp3) is 0.526. The number of amides is 1. The van der Waals surface area contributed by atoms with Crippen LogP contribution in [0.1, 0.15) is 42.6 Å². The molecule has 1 fully saturated rings. The van der Waals surface area contributed by atoms with Gasteiger partial charge in [-0.25, -0.2) is 4.98 Å². The molecule has 2 aromatic rings. The van der Waals surface area contributed by atoms with E-state index in [1.54, 1.807) is 12.7 Å². The molecule has 3 rings (SSSR count). The molecule has 6 nitrogen and oxygen atoms in total. The zero-order chi connectivity index (χ0) is 17.6. The fourth-order valence-electron chi connectivity index (χ4n) is 3.30. The van der Waals surface area contributed by atoms with Crippen LogP contribution in [0.25, 0.3) is 0 Å². The second kappa shape index (κ2) is 8.25. The van der Waals surface area contributed by atoms with Crippen LogP contribution < -0.4 is 5.32 Å². The Morgan fingerprint density at radius 3 is 3.04 bits per heavy atom. The van der Waals surface area contributed by atoms with E-state index in [1.807, 2.05) is 22.9 Å². The zero-order valence-corrected chi connectivity index (χ0v) is 15.1. The van der Waals surface area contributed by atoms with Crippen molar-refractivity contribution in [2.45, 2.75) is 45.8 Å². The first-order valence-corrected chi connectivity index (χ1v) is 9.05. The molecule has 0 unspecified atom stereocenters. The van der Waals surface area contributed by atoms with E-state index >= 15 is 0 Å². The molecule has 1 aromatic heterocycles. The van der Waals surface area contributed by atoms with Crippen molar-refractivity contribution >= 4 is 5.91 Å². The lowest BCUT2D eigenvalue weighted by atomic mass is 10.1. The van der Waals surface area contributed by atoms with Gasteiger partial charge in [0.15, 0.2) is 0 Å². The Kier molecular flexibility index (Phi) is 5.81. The van der Waals surface area contributed by atoms with Crippen molar-refractivity contribution in [3.8, 4) is 0 Å². The number of nitrogens with one attached hydrogen (secondary N) is 1. The number of carbonyl (C=O) groups excluding carboxylic acids is 1. The Morgan fingerprint density at radius 2 is 2.28 bits per heavy atom. The molecule has 0 saturated carbocycles. The number of hydrogen-bond donors (Lipinski definition) is 1. The highest BCUT2D eigenvalue weighted by Gasteiger charge is 2.25. The molecule has 6 heteroatoms. The standard InChI is InChI=1S/C19H27N5O/c1-15(2)10-21-19(25)17-6-3-5-16(9-17)11-23-8-4-7-18(23)12-24-14-20-13-22-24/h3,5-6,9,13-15,18H,4,7-8,10-12H2,1-2H3,(H,21,25)/t18-/m1/s1. The van der Waals surface area contributed by atoms with Crippen molar-refractivity contribution < 1.29 is 4.79 Å². The number of carbonyl (C=O) groups is 1. The first-order chi connectivity index (χ1) is 12.1. The molecule has 1 N–H and O–H groups in total. The van der Waals surface area contributed by atoms with Gasteiger partial charge in [-0.2, -0.15) is 5.10 Å². The average molecular weight is 341 g/mol. The first-order valence-electron chi connectivity index (χ1n) is 9.05. The molecule has 0 radical (unpaired) electrons. The Balaban J connectivity index is 1.62. The summed E-state index contributed by atoms with van der Waals surface area (Å²) in [5.74, 6) is 0.463. The van der Waals surface area contributed by atoms with Crippen molar-refractivity contribution in [3.05, 3.63) is 48.0 Å². The third kappa shape index (κ3) is 4.89. The Hall–Kier alpha value is -2.21. The van der Waals surface area contributed by atoms with Crippen LogP contribution in [-0.2, 0) is 13.1 Å². The predicted molar refractivity (Wildman–Crippen MR) is 97.1 cm³/mol. The second-order valence-corrected chi connectivity index (χ2v) is 7.19. The average Bonchev–Trinajstić information content (AvgIpc) is 3.26. The number of aromatic nitrogens is 3. The molecule has 25 heavy (non-hydrogen) atoms. The monoisotopic (exact) mass is 341 g/mol. The van der Waals surface area contributed by atoms with E-state index in [0.29, 0.717) is 18.5 Å². The third-order valence-corrected chi connectivity index (χ3v) is 4.61. The summed E-state index contributed by atoms with van der Waals surface area (Å²) in [6.45, 7) is 7.72. The van der Waals surface area contributed by atoms with Crippen LogP contribution in [0.15, 0.2) is 36.9 Å². The van der Waals surface area contributed by atoms with Crippen molar-refractivity contribution in [3.63, 3.8) is 0 Å². The van der Waals surface area contributed by atoms with E-state index in [4.69, 9.17) is 0 Å². The number of likely N-dealkylation sites (tertiary alicyclic amines) is 1. The molecule has 0 bridgehead atoms. The molecule has 1 amide bonds. The Morgan fingerprint density at radius 1 is 1.40 bits per heavy atom. The van der Waals surface area contributed by atoms with Crippen LogP contribution in [0.3, 0.4) is 0 Å². The maximum Gasteiger partial charge on any atom is 0.251 e. The molecule has 1 atom stereocenters. The first kappa shape index (κ1) is 17.6. The minimum Gasteiger partial charge on any atom is -0.352 e. The topological polar surface area (TPSA) is 63.1 Å². The summed E-state index contributed by atoms with van der Waals surface area (Å²) in [4.78, 5) is 18.8. The van der Waals surface area contributed by atoms with Crippen LogP contribution in [-0.4, -0.2) is 44.7 Å². The van der Waals surface area contributed by atoms with Gasteiger partial charge in [-0.3, -0.25) is 14.4 Å². The molecule has 0 spiro atoms. The van der Waals surface area contributed by atoms with Crippen LogP contribution >= 0.6 is 0 Å². The number of rotatable bonds is 7. The number of benzene rings is 1. The summed E-state index contributed by atoms with van der Waals surface area (Å²) in [5.41, 5.74) is 1.92. The summed E-state index contributed by atoms with van der Waals surface area (Å²) in [7, 11) is 0. The van der Waals surface area contributed by atoms with Gasteiger partial charge in [-0.1, -0.05) is 26.0 Å². The molecule has 0 aliphatic carbocycles. The highest BCUT2D eigenvalue weighted by Crippen LogP contribution is 2.21. The molecule has 1 aliphatic heterocycles. The molecule has 134 valence electrons. The van der Waals surface area contributed by atoms with Crippen molar-refractivity contribution in [1.82, 2.24) is 25.0 Å². The lowest BCUT2D eigenvalue weighted by molar-refractivity contribution is 0.0949. The van der Waals surface area contributed by atoms with Crippen molar-refractivity contribution in [2.24, 2.45) is 5.92 Å². The van der Waals surface area contributed by atoms with Gasteiger partial charge in [0.25, 0.3) is 5.91 Å². The smallest absolute Gasteiger partial charge is 0.251 e. The van der Waals surface area contributed by atoms with Crippen LogP contribution in [0.2, 0.25) is 0 Å². The van der Waals surface area contributed by atoms with E-state index in [-0.39, 0.29) is 5.91 Å². The molecule has 1 aromatic carbocycles. The SMILES string of the molecule is CC(C)CNC(=O)c1cccc(CN2CCC[C@@H]2Cn2cncn2)c1. The molecule has 1 aliphatic rings. The van der Waals surface area contributed by atoms with Crippen LogP contribution in [0, 0.1) is 5.92 Å². The van der Waals surface area contributed by atoms with Gasteiger partial charge in [-0.05, 0) is 43.0 Å². The lowest BCUT2D eigenvalue weighted by Crippen LogP contribution is -2.33. The van der Waals surface area contributed by atoms with E-state index in [9.17, 15) is 4.79 Å². The largest absolute Gasteiger partial charge is 0.352 e. The van der Waals surface area contributed by atoms with Gasteiger partial charge in [0.2, 0.25) is 0 Å².